The van der Waals surface area contributed by atoms with Crippen LogP contribution in [0.2, 0.25) is 0 Å². The van der Waals surface area contributed by atoms with E-state index in [1.807, 2.05) is 14.1 Å². The lowest BCUT2D eigenvalue weighted by Crippen LogP contribution is -2.13. The Kier molecular flexibility index (Phi) is 4.53. The van der Waals surface area contributed by atoms with E-state index in [2.05, 4.69) is 9.89 Å². The maximum atomic E-state index is 11.8. The molecule has 0 saturated carbocycles. The third kappa shape index (κ3) is 3.24. The average molecular weight is 274 g/mol. The van der Waals surface area contributed by atoms with Gasteiger partial charge < -0.3 is 14.4 Å². The van der Waals surface area contributed by atoms with Crippen molar-refractivity contribution in [3.8, 4) is 5.75 Å². The van der Waals surface area contributed by atoms with Crippen LogP contribution in [0, 0.1) is 0 Å². The van der Waals surface area contributed by atoms with E-state index in [0.717, 1.165) is 13.0 Å². The lowest BCUT2D eigenvalue weighted by molar-refractivity contribution is 0.403. The number of aromatic hydroxyl groups is 1. The standard InChI is InChI=1S/C15H18N2O3/c1-17(2)9-5-8-16-10-12-14(18)11-6-3-4-7-13(11)20-15(12)19/h3-4,6-7,10,18H,5,8-9H2,1-2H3. The molecule has 0 amide bonds. The predicted octanol–water partition coefficient (Wildman–Crippen LogP) is 1.87. The van der Waals surface area contributed by atoms with Gasteiger partial charge in [0.05, 0.1) is 5.39 Å². The zero-order chi connectivity index (χ0) is 14.5. The van der Waals surface area contributed by atoms with E-state index in [4.69, 9.17) is 4.42 Å². The maximum absolute atomic E-state index is 11.8. The van der Waals surface area contributed by atoms with Gasteiger partial charge in [0.1, 0.15) is 16.9 Å². The van der Waals surface area contributed by atoms with Gasteiger partial charge in [-0.25, -0.2) is 4.79 Å². The minimum absolute atomic E-state index is 0.0757. The first kappa shape index (κ1) is 14.3. The molecule has 0 fully saturated rings. The van der Waals surface area contributed by atoms with Crippen LogP contribution in [0.25, 0.3) is 11.0 Å². The number of benzene rings is 1. The summed E-state index contributed by atoms with van der Waals surface area (Å²) in [6.07, 6.45) is 2.28. The molecule has 2 rings (SSSR count). The van der Waals surface area contributed by atoms with E-state index in [9.17, 15) is 9.90 Å². The number of fused-ring (bicyclic) bond motifs is 1. The predicted molar refractivity (Wildman–Crippen MR) is 79.8 cm³/mol. The van der Waals surface area contributed by atoms with E-state index in [1.165, 1.54) is 6.21 Å². The van der Waals surface area contributed by atoms with Crippen molar-refractivity contribution in [3.63, 3.8) is 0 Å². The first-order valence-corrected chi connectivity index (χ1v) is 6.49. The zero-order valence-electron chi connectivity index (χ0n) is 11.7. The van der Waals surface area contributed by atoms with Crippen molar-refractivity contribution < 1.29 is 9.52 Å². The lowest BCUT2D eigenvalue weighted by Gasteiger charge is -2.06. The molecule has 5 heteroatoms. The lowest BCUT2D eigenvalue weighted by atomic mass is 10.1. The highest BCUT2D eigenvalue weighted by molar-refractivity contribution is 5.93. The molecule has 0 bridgehead atoms. The molecule has 0 unspecified atom stereocenters. The smallest absolute Gasteiger partial charge is 0.348 e. The van der Waals surface area contributed by atoms with Crippen LogP contribution in [0.4, 0.5) is 0 Å². The Labute approximate surface area is 117 Å². The fourth-order valence-corrected chi connectivity index (χ4v) is 1.90. The summed E-state index contributed by atoms with van der Waals surface area (Å²) in [6.45, 7) is 1.53. The first-order valence-electron chi connectivity index (χ1n) is 6.49. The number of para-hydroxylation sites is 1. The van der Waals surface area contributed by atoms with Crippen LogP contribution in [0.15, 0.2) is 38.5 Å². The van der Waals surface area contributed by atoms with Crippen LogP contribution in [-0.2, 0) is 0 Å². The van der Waals surface area contributed by atoms with Crippen LogP contribution < -0.4 is 5.63 Å². The number of rotatable bonds is 5. The highest BCUT2D eigenvalue weighted by atomic mass is 16.4. The molecule has 0 spiro atoms. The number of hydrogen-bond donors (Lipinski definition) is 1. The number of hydrogen-bond acceptors (Lipinski definition) is 5. The highest BCUT2D eigenvalue weighted by Crippen LogP contribution is 2.24. The molecule has 0 radical (unpaired) electrons. The largest absolute Gasteiger partial charge is 0.506 e. The van der Waals surface area contributed by atoms with Gasteiger partial charge in [-0.1, -0.05) is 12.1 Å². The molecular weight excluding hydrogens is 256 g/mol. The quantitative estimate of drug-likeness (QED) is 0.513. The highest BCUT2D eigenvalue weighted by Gasteiger charge is 2.11. The second-order valence-corrected chi connectivity index (χ2v) is 4.84. The first-order chi connectivity index (χ1) is 9.59. The number of nitrogens with zero attached hydrogens (tertiary/aromatic N) is 2. The molecule has 106 valence electrons. The van der Waals surface area contributed by atoms with Gasteiger partial charge in [-0.05, 0) is 39.2 Å². The summed E-state index contributed by atoms with van der Waals surface area (Å²) in [5.74, 6) is -0.0757. The van der Waals surface area contributed by atoms with Crippen LogP contribution in [0.5, 0.6) is 5.75 Å². The minimum atomic E-state index is -0.572. The van der Waals surface area contributed by atoms with Gasteiger partial charge in [0.15, 0.2) is 0 Å². The van der Waals surface area contributed by atoms with E-state index >= 15 is 0 Å². The Morgan fingerprint density at radius 3 is 2.85 bits per heavy atom. The van der Waals surface area contributed by atoms with Crippen LogP contribution >= 0.6 is 0 Å². The summed E-state index contributed by atoms with van der Waals surface area (Å²) in [4.78, 5) is 18.0. The summed E-state index contributed by atoms with van der Waals surface area (Å²) in [7, 11) is 3.99. The molecule has 0 atom stereocenters. The Balaban J connectivity index is 2.22. The molecule has 2 aromatic rings. The van der Waals surface area contributed by atoms with Crippen molar-refractivity contribution in [2.75, 3.05) is 27.2 Å². The third-order valence-electron chi connectivity index (χ3n) is 2.93. The summed E-state index contributed by atoms with van der Waals surface area (Å²) in [5.41, 5.74) is -0.0918. The van der Waals surface area contributed by atoms with Crippen LogP contribution in [-0.4, -0.2) is 43.4 Å². The van der Waals surface area contributed by atoms with Crippen molar-refractivity contribution in [2.45, 2.75) is 6.42 Å². The summed E-state index contributed by atoms with van der Waals surface area (Å²) < 4.78 is 5.15. The Bertz CT molecular complexity index is 674. The molecule has 0 saturated heterocycles. The van der Waals surface area contributed by atoms with Gasteiger partial charge in [-0.3, -0.25) is 4.99 Å². The molecule has 1 heterocycles. The maximum Gasteiger partial charge on any atom is 0.348 e. The van der Waals surface area contributed by atoms with Gasteiger partial charge in [-0.2, -0.15) is 0 Å². The molecule has 1 N–H and O–H groups in total. The molecule has 1 aromatic heterocycles. The minimum Gasteiger partial charge on any atom is -0.506 e. The fraction of sp³-hybridized carbons (Fsp3) is 0.333. The van der Waals surface area contributed by atoms with Crippen molar-refractivity contribution >= 4 is 17.2 Å². The molecule has 5 nitrogen and oxygen atoms in total. The summed E-state index contributed by atoms with van der Waals surface area (Å²) in [6, 6.07) is 6.88. The van der Waals surface area contributed by atoms with Crippen molar-refractivity contribution in [1.29, 1.82) is 0 Å². The van der Waals surface area contributed by atoms with Gasteiger partial charge in [0.2, 0.25) is 0 Å². The molecule has 0 aliphatic rings. The second kappa shape index (κ2) is 6.34. The Morgan fingerprint density at radius 1 is 1.35 bits per heavy atom. The van der Waals surface area contributed by atoms with Crippen molar-refractivity contribution in [3.05, 3.63) is 40.2 Å². The molecular formula is C15H18N2O3. The number of aliphatic imine (C=N–C) groups is 1. The van der Waals surface area contributed by atoms with E-state index in [0.29, 0.717) is 17.5 Å². The molecule has 0 aliphatic heterocycles. The fourth-order valence-electron chi connectivity index (χ4n) is 1.90. The van der Waals surface area contributed by atoms with Gasteiger partial charge in [0, 0.05) is 12.8 Å². The topological polar surface area (TPSA) is 66.0 Å². The Hall–Kier alpha value is -2.14. The van der Waals surface area contributed by atoms with Crippen LogP contribution in [0.1, 0.15) is 12.0 Å². The van der Waals surface area contributed by atoms with Gasteiger partial charge in [0.25, 0.3) is 0 Å². The average Bonchev–Trinajstić information content (AvgIpc) is 2.41. The Morgan fingerprint density at radius 2 is 2.10 bits per heavy atom. The van der Waals surface area contributed by atoms with Gasteiger partial charge >= 0.3 is 5.63 Å². The zero-order valence-corrected chi connectivity index (χ0v) is 11.7. The van der Waals surface area contributed by atoms with Crippen molar-refractivity contribution in [2.24, 2.45) is 4.99 Å². The SMILES string of the molecule is CN(C)CCCN=Cc1c(O)c2ccccc2oc1=O. The summed E-state index contributed by atoms with van der Waals surface area (Å²) >= 11 is 0. The molecule has 0 aliphatic carbocycles. The van der Waals surface area contributed by atoms with E-state index < -0.39 is 5.63 Å². The molecule has 1 aromatic carbocycles. The van der Waals surface area contributed by atoms with E-state index in [1.54, 1.807) is 24.3 Å². The normalized spacial score (nSPS) is 11.8. The van der Waals surface area contributed by atoms with Crippen LogP contribution in [0.3, 0.4) is 0 Å². The van der Waals surface area contributed by atoms with E-state index in [-0.39, 0.29) is 11.3 Å². The van der Waals surface area contributed by atoms with Crippen molar-refractivity contribution in [1.82, 2.24) is 4.90 Å². The van der Waals surface area contributed by atoms with Gasteiger partial charge in [-0.15, -0.1) is 0 Å². The second-order valence-electron chi connectivity index (χ2n) is 4.84. The third-order valence-corrected chi connectivity index (χ3v) is 2.93. The molecule has 20 heavy (non-hydrogen) atoms. The monoisotopic (exact) mass is 274 g/mol. The summed E-state index contributed by atoms with van der Waals surface area (Å²) in [5, 5.41) is 10.6.